The Labute approximate surface area is 134 Å². The van der Waals surface area contributed by atoms with Gasteiger partial charge in [0.25, 0.3) is 5.91 Å². The van der Waals surface area contributed by atoms with Crippen LogP contribution in [0.15, 0.2) is 48.5 Å². The van der Waals surface area contributed by atoms with E-state index in [1.54, 1.807) is 30.3 Å². The van der Waals surface area contributed by atoms with E-state index >= 15 is 0 Å². The number of likely N-dealkylation sites (N-methyl/N-ethyl adjacent to an activating group) is 1. The highest BCUT2D eigenvalue weighted by atomic mass is 35.5. The van der Waals surface area contributed by atoms with Gasteiger partial charge in [-0.2, -0.15) is 0 Å². The highest BCUT2D eigenvalue weighted by Crippen LogP contribution is 2.19. The first-order chi connectivity index (χ1) is 10.5. The van der Waals surface area contributed by atoms with Crippen LogP contribution in [0.25, 0.3) is 0 Å². The van der Waals surface area contributed by atoms with E-state index in [0.29, 0.717) is 16.1 Å². The van der Waals surface area contributed by atoms with Crippen molar-refractivity contribution < 1.29 is 9.59 Å². The molecule has 0 aromatic heterocycles. The number of benzene rings is 2. The molecule has 2 aromatic carbocycles. The fourth-order valence-electron chi connectivity index (χ4n) is 2.10. The van der Waals surface area contributed by atoms with Gasteiger partial charge in [0.1, 0.15) is 6.04 Å². The average molecular weight is 317 g/mol. The fourth-order valence-corrected chi connectivity index (χ4v) is 2.42. The van der Waals surface area contributed by atoms with Crippen molar-refractivity contribution >= 4 is 23.4 Å². The minimum Gasteiger partial charge on any atom is -0.357 e. The molecule has 0 aliphatic heterocycles. The molecule has 0 fully saturated rings. The Kier molecular flexibility index (Phi) is 5.17. The van der Waals surface area contributed by atoms with Gasteiger partial charge in [-0.15, -0.1) is 0 Å². The zero-order chi connectivity index (χ0) is 16.1. The van der Waals surface area contributed by atoms with E-state index in [-0.39, 0.29) is 11.8 Å². The molecule has 2 rings (SSSR count). The van der Waals surface area contributed by atoms with Crippen molar-refractivity contribution in [3.8, 4) is 0 Å². The maximum atomic E-state index is 12.4. The summed E-state index contributed by atoms with van der Waals surface area (Å²) < 4.78 is 0. The molecular formula is C17H17ClN2O2. The summed E-state index contributed by atoms with van der Waals surface area (Å²) in [5.74, 6) is -0.676. The first-order valence-electron chi connectivity index (χ1n) is 6.86. The first-order valence-corrected chi connectivity index (χ1v) is 7.24. The molecule has 1 unspecified atom stereocenters. The largest absolute Gasteiger partial charge is 0.357 e. The van der Waals surface area contributed by atoms with E-state index in [4.69, 9.17) is 11.6 Å². The average Bonchev–Trinajstić information content (AvgIpc) is 2.52. The molecule has 114 valence electrons. The number of hydrogen-bond acceptors (Lipinski definition) is 2. The number of rotatable bonds is 4. The van der Waals surface area contributed by atoms with Gasteiger partial charge in [0.2, 0.25) is 5.91 Å². The molecule has 5 heteroatoms. The lowest BCUT2D eigenvalue weighted by atomic mass is 10.1. The van der Waals surface area contributed by atoms with E-state index < -0.39 is 6.04 Å². The van der Waals surface area contributed by atoms with Gasteiger partial charge in [0, 0.05) is 7.05 Å². The molecule has 0 aliphatic carbocycles. The summed E-state index contributed by atoms with van der Waals surface area (Å²) in [4.78, 5) is 24.5. The number of nitrogens with one attached hydrogen (secondary N) is 2. The molecule has 2 aromatic rings. The van der Waals surface area contributed by atoms with Gasteiger partial charge < -0.3 is 10.6 Å². The van der Waals surface area contributed by atoms with Crippen LogP contribution in [0.5, 0.6) is 0 Å². The predicted octanol–water partition coefficient (Wildman–Crippen LogP) is 2.87. The van der Waals surface area contributed by atoms with Gasteiger partial charge in [-0.05, 0) is 30.2 Å². The van der Waals surface area contributed by atoms with Gasteiger partial charge in [-0.25, -0.2) is 0 Å². The summed E-state index contributed by atoms with van der Waals surface area (Å²) in [5.41, 5.74) is 2.02. The summed E-state index contributed by atoms with van der Waals surface area (Å²) in [6.07, 6.45) is 0. The molecule has 1 atom stereocenters. The highest BCUT2D eigenvalue weighted by molar-refractivity contribution is 6.34. The predicted molar refractivity (Wildman–Crippen MR) is 86.9 cm³/mol. The Morgan fingerprint density at radius 3 is 2.36 bits per heavy atom. The van der Waals surface area contributed by atoms with Crippen LogP contribution in [-0.4, -0.2) is 18.9 Å². The molecule has 0 saturated carbocycles. The topological polar surface area (TPSA) is 58.2 Å². The van der Waals surface area contributed by atoms with E-state index in [1.165, 1.54) is 7.05 Å². The molecule has 4 nitrogen and oxygen atoms in total. The normalized spacial score (nSPS) is 11.6. The third-order valence-corrected chi connectivity index (χ3v) is 3.60. The molecule has 2 N–H and O–H groups in total. The van der Waals surface area contributed by atoms with Gasteiger partial charge in [-0.1, -0.05) is 48.0 Å². The summed E-state index contributed by atoms with van der Waals surface area (Å²) in [5, 5.41) is 5.64. The monoisotopic (exact) mass is 316 g/mol. The molecule has 0 aliphatic rings. The second-order valence-electron chi connectivity index (χ2n) is 4.91. The van der Waals surface area contributed by atoms with Crippen molar-refractivity contribution in [3.05, 3.63) is 70.2 Å². The van der Waals surface area contributed by atoms with Crippen molar-refractivity contribution in [3.63, 3.8) is 0 Å². The van der Waals surface area contributed by atoms with E-state index in [2.05, 4.69) is 10.6 Å². The van der Waals surface area contributed by atoms with Crippen LogP contribution in [0, 0.1) is 6.92 Å². The zero-order valence-electron chi connectivity index (χ0n) is 12.4. The number of carbonyl (C=O) groups is 2. The van der Waals surface area contributed by atoms with Crippen molar-refractivity contribution in [2.75, 3.05) is 7.05 Å². The lowest BCUT2D eigenvalue weighted by Crippen LogP contribution is -2.39. The Morgan fingerprint density at radius 1 is 1.09 bits per heavy atom. The fraction of sp³-hybridized carbons (Fsp3) is 0.176. The van der Waals surface area contributed by atoms with Crippen molar-refractivity contribution in [1.82, 2.24) is 10.6 Å². The highest BCUT2D eigenvalue weighted by Gasteiger charge is 2.23. The number of carbonyl (C=O) groups excluding carboxylic acids is 2. The number of amides is 2. The number of halogens is 1. The minimum atomic E-state index is -0.768. The molecule has 0 bridgehead atoms. The van der Waals surface area contributed by atoms with Crippen molar-refractivity contribution in [2.24, 2.45) is 0 Å². The zero-order valence-corrected chi connectivity index (χ0v) is 13.1. The quantitative estimate of drug-likeness (QED) is 0.911. The van der Waals surface area contributed by atoms with Crippen LogP contribution >= 0.6 is 11.6 Å². The molecule has 0 spiro atoms. The molecular weight excluding hydrogens is 300 g/mol. The summed E-state index contributed by atoms with van der Waals surface area (Å²) in [6, 6.07) is 13.5. The Bertz CT molecular complexity index is 686. The second-order valence-corrected chi connectivity index (χ2v) is 5.32. The lowest BCUT2D eigenvalue weighted by Gasteiger charge is -2.18. The smallest absolute Gasteiger partial charge is 0.253 e. The third-order valence-electron chi connectivity index (χ3n) is 3.29. The van der Waals surface area contributed by atoms with Crippen LogP contribution in [0.2, 0.25) is 5.02 Å². The van der Waals surface area contributed by atoms with Gasteiger partial charge in [-0.3, -0.25) is 9.59 Å². The standard InChI is InChI=1S/C17H17ClN2O2/c1-11-8-9-13(14(18)10-11)16(21)20-15(17(22)19-2)12-6-4-3-5-7-12/h3-10,15H,1-2H3,(H,19,22)(H,20,21). The molecule has 0 saturated heterocycles. The lowest BCUT2D eigenvalue weighted by molar-refractivity contribution is -0.122. The van der Waals surface area contributed by atoms with Gasteiger partial charge >= 0.3 is 0 Å². The first kappa shape index (κ1) is 16.0. The van der Waals surface area contributed by atoms with Crippen LogP contribution < -0.4 is 10.6 Å². The molecule has 0 heterocycles. The molecule has 0 radical (unpaired) electrons. The summed E-state index contributed by atoms with van der Waals surface area (Å²) in [6.45, 7) is 1.89. The number of hydrogen-bond donors (Lipinski definition) is 2. The van der Waals surface area contributed by atoms with Crippen molar-refractivity contribution in [2.45, 2.75) is 13.0 Å². The molecule has 22 heavy (non-hydrogen) atoms. The van der Waals surface area contributed by atoms with Crippen LogP contribution in [0.1, 0.15) is 27.5 Å². The van der Waals surface area contributed by atoms with Crippen molar-refractivity contribution in [1.29, 1.82) is 0 Å². The number of aryl methyl sites for hydroxylation is 1. The maximum absolute atomic E-state index is 12.4. The second kappa shape index (κ2) is 7.09. The van der Waals surface area contributed by atoms with E-state index in [9.17, 15) is 9.59 Å². The summed E-state index contributed by atoms with van der Waals surface area (Å²) >= 11 is 6.11. The minimum absolute atomic E-state index is 0.289. The van der Waals surface area contributed by atoms with Crippen LogP contribution in [0.4, 0.5) is 0 Å². The maximum Gasteiger partial charge on any atom is 0.253 e. The third kappa shape index (κ3) is 3.65. The van der Waals surface area contributed by atoms with Crippen LogP contribution in [0.3, 0.4) is 0 Å². The van der Waals surface area contributed by atoms with Crippen LogP contribution in [-0.2, 0) is 4.79 Å². The van der Waals surface area contributed by atoms with Gasteiger partial charge in [0.05, 0.1) is 10.6 Å². The molecule has 2 amide bonds. The van der Waals surface area contributed by atoms with E-state index in [1.807, 2.05) is 25.1 Å². The van der Waals surface area contributed by atoms with Gasteiger partial charge in [0.15, 0.2) is 0 Å². The van der Waals surface area contributed by atoms with E-state index in [0.717, 1.165) is 5.56 Å². The Hall–Kier alpha value is -2.33. The Balaban J connectivity index is 2.27. The summed E-state index contributed by atoms with van der Waals surface area (Å²) in [7, 11) is 1.53. The Morgan fingerprint density at radius 2 is 1.77 bits per heavy atom. The SMILES string of the molecule is CNC(=O)C(NC(=O)c1ccc(C)cc1Cl)c1ccccc1.